The molecule has 0 aliphatic carbocycles. The fraction of sp³-hybridized carbons (Fsp3) is 0.118. The molecule has 140 valence electrons. The van der Waals surface area contributed by atoms with Crippen molar-refractivity contribution in [2.75, 3.05) is 18.3 Å². The first kappa shape index (κ1) is 19.2. The third kappa shape index (κ3) is 4.24. The summed E-state index contributed by atoms with van der Waals surface area (Å²) in [7, 11) is 1.59. The monoisotopic (exact) mass is 423 g/mol. The summed E-state index contributed by atoms with van der Waals surface area (Å²) in [6, 6.07) is 11.9. The standard InChI is InChI=1S/C17H15Cl2N5O2S/c1-26-12-5-3-11(4-6-12)21-24-16(20)22-23(17(24)27)9-15(25)10-2-7-13(18)14(19)8-10/h2-8,21H,9H2,1H3,(H2,20,22). The second kappa shape index (κ2) is 7.99. The second-order valence-electron chi connectivity index (χ2n) is 5.53. The zero-order chi connectivity index (χ0) is 19.6. The van der Waals surface area contributed by atoms with Gasteiger partial charge in [-0.1, -0.05) is 23.2 Å². The van der Waals surface area contributed by atoms with E-state index < -0.39 is 0 Å². The number of rotatable bonds is 6. The Bertz CT molecular complexity index is 1050. The maximum Gasteiger partial charge on any atom is 0.240 e. The van der Waals surface area contributed by atoms with Crippen LogP contribution in [0.5, 0.6) is 5.75 Å². The van der Waals surface area contributed by atoms with Crippen LogP contribution >= 0.6 is 35.4 Å². The van der Waals surface area contributed by atoms with Gasteiger partial charge in [0.15, 0.2) is 5.78 Å². The normalized spacial score (nSPS) is 10.6. The van der Waals surface area contributed by atoms with Gasteiger partial charge in [-0.15, -0.1) is 5.10 Å². The summed E-state index contributed by atoms with van der Waals surface area (Å²) < 4.78 is 8.12. The van der Waals surface area contributed by atoms with Gasteiger partial charge in [-0.2, -0.15) is 4.68 Å². The molecule has 0 saturated carbocycles. The van der Waals surface area contributed by atoms with E-state index in [1.807, 2.05) is 0 Å². The minimum Gasteiger partial charge on any atom is -0.497 e. The van der Waals surface area contributed by atoms with E-state index in [0.717, 1.165) is 11.4 Å². The van der Waals surface area contributed by atoms with Crippen LogP contribution in [-0.2, 0) is 6.54 Å². The van der Waals surface area contributed by atoms with Gasteiger partial charge < -0.3 is 10.5 Å². The van der Waals surface area contributed by atoms with Gasteiger partial charge in [-0.3, -0.25) is 10.2 Å². The fourth-order valence-electron chi connectivity index (χ4n) is 2.32. The van der Waals surface area contributed by atoms with E-state index in [9.17, 15) is 4.79 Å². The van der Waals surface area contributed by atoms with Crippen molar-refractivity contribution in [3.8, 4) is 5.75 Å². The highest BCUT2D eigenvalue weighted by Gasteiger charge is 2.14. The highest BCUT2D eigenvalue weighted by Crippen LogP contribution is 2.23. The van der Waals surface area contributed by atoms with Gasteiger partial charge in [0.25, 0.3) is 0 Å². The molecule has 2 aromatic carbocycles. The lowest BCUT2D eigenvalue weighted by Crippen LogP contribution is -2.14. The molecule has 1 heterocycles. The molecule has 0 amide bonds. The smallest absolute Gasteiger partial charge is 0.240 e. The van der Waals surface area contributed by atoms with Crippen LogP contribution in [0.1, 0.15) is 10.4 Å². The van der Waals surface area contributed by atoms with Gasteiger partial charge in [-0.05, 0) is 54.7 Å². The van der Waals surface area contributed by atoms with Crippen LogP contribution in [0.15, 0.2) is 42.5 Å². The molecule has 0 atom stereocenters. The van der Waals surface area contributed by atoms with E-state index in [4.69, 9.17) is 45.9 Å². The van der Waals surface area contributed by atoms with Gasteiger partial charge in [0.05, 0.1) is 22.8 Å². The first-order chi connectivity index (χ1) is 12.9. The summed E-state index contributed by atoms with van der Waals surface area (Å²) >= 11 is 17.2. The summed E-state index contributed by atoms with van der Waals surface area (Å²) in [4.78, 5) is 12.5. The highest BCUT2D eigenvalue weighted by atomic mass is 35.5. The molecule has 0 aliphatic rings. The number of carbonyl (C=O) groups excluding carboxylic acids is 1. The topological polar surface area (TPSA) is 87.1 Å². The number of Topliss-reactive ketones (excluding diaryl/α,β-unsaturated/α-hetero) is 1. The number of hydrogen-bond donors (Lipinski definition) is 2. The van der Waals surface area contributed by atoms with Crippen molar-refractivity contribution in [3.05, 3.63) is 62.8 Å². The van der Waals surface area contributed by atoms with Gasteiger partial charge >= 0.3 is 0 Å². The van der Waals surface area contributed by atoms with Crippen LogP contribution in [-0.4, -0.2) is 27.3 Å². The van der Waals surface area contributed by atoms with E-state index in [0.29, 0.717) is 15.6 Å². The molecule has 3 rings (SSSR count). The van der Waals surface area contributed by atoms with Gasteiger partial charge in [-0.25, -0.2) is 4.68 Å². The van der Waals surface area contributed by atoms with Crippen molar-refractivity contribution < 1.29 is 9.53 Å². The number of nitrogens with zero attached hydrogens (tertiary/aromatic N) is 3. The minimum atomic E-state index is -0.223. The van der Waals surface area contributed by atoms with Gasteiger partial charge in [0.2, 0.25) is 10.7 Å². The van der Waals surface area contributed by atoms with Crippen LogP contribution in [0.2, 0.25) is 10.0 Å². The van der Waals surface area contributed by atoms with Gasteiger partial charge in [0, 0.05) is 5.56 Å². The molecule has 1 aromatic heterocycles. The molecular formula is C17H15Cl2N5O2S. The Labute approximate surface area is 170 Å². The Balaban J connectivity index is 1.81. The molecule has 0 bridgehead atoms. The number of methoxy groups -OCH3 is 1. The van der Waals surface area contributed by atoms with Crippen LogP contribution in [0.3, 0.4) is 0 Å². The number of aromatic nitrogens is 3. The number of anilines is 2. The first-order valence-electron chi connectivity index (χ1n) is 7.73. The fourth-order valence-corrected chi connectivity index (χ4v) is 2.87. The number of hydrogen-bond acceptors (Lipinski definition) is 6. The molecule has 7 nitrogen and oxygen atoms in total. The molecule has 0 spiro atoms. The quantitative estimate of drug-likeness (QED) is 0.458. The Hall–Kier alpha value is -2.55. The molecule has 0 saturated heterocycles. The Morgan fingerprint density at radius 2 is 1.93 bits per heavy atom. The predicted molar refractivity (Wildman–Crippen MR) is 108 cm³/mol. The SMILES string of the molecule is COc1ccc(Nn2c(N)nn(CC(=O)c3ccc(Cl)c(Cl)c3)c2=S)cc1. The van der Waals surface area contributed by atoms with Crippen molar-refractivity contribution >= 4 is 52.8 Å². The maximum absolute atomic E-state index is 12.5. The third-order valence-electron chi connectivity index (χ3n) is 3.73. The lowest BCUT2D eigenvalue weighted by atomic mass is 10.1. The molecule has 0 radical (unpaired) electrons. The van der Waals surface area contributed by atoms with Crippen molar-refractivity contribution in [1.29, 1.82) is 0 Å². The van der Waals surface area contributed by atoms with Crippen LogP contribution < -0.4 is 15.9 Å². The number of nitrogens with two attached hydrogens (primary N) is 1. The van der Waals surface area contributed by atoms with E-state index in [1.54, 1.807) is 43.5 Å². The zero-order valence-electron chi connectivity index (χ0n) is 14.1. The molecule has 3 aromatic rings. The lowest BCUT2D eigenvalue weighted by molar-refractivity contribution is 0.0967. The number of ketones is 1. The number of carbonyl (C=O) groups is 1. The lowest BCUT2D eigenvalue weighted by Gasteiger charge is -2.08. The summed E-state index contributed by atoms with van der Waals surface area (Å²) in [5.74, 6) is 0.622. The number of nitrogens with one attached hydrogen (secondary N) is 1. The van der Waals surface area contributed by atoms with E-state index >= 15 is 0 Å². The second-order valence-corrected chi connectivity index (χ2v) is 6.71. The summed E-state index contributed by atoms with van der Waals surface area (Å²) in [6.45, 7) is -0.0850. The molecule has 27 heavy (non-hydrogen) atoms. The first-order valence-corrected chi connectivity index (χ1v) is 8.90. The Kier molecular flexibility index (Phi) is 5.69. The molecule has 0 unspecified atom stereocenters. The highest BCUT2D eigenvalue weighted by molar-refractivity contribution is 7.71. The van der Waals surface area contributed by atoms with E-state index in [1.165, 1.54) is 15.4 Å². The van der Waals surface area contributed by atoms with Gasteiger partial charge in [0.1, 0.15) is 12.3 Å². The van der Waals surface area contributed by atoms with E-state index in [2.05, 4.69) is 10.5 Å². The average molecular weight is 424 g/mol. The van der Waals surface area contributed by atoms with Crippen LogP contribution in [0.4, 0.5) is 11.6 Å². The number of benzene rings is 2. The third-order valence-corrected chi connectivity index (χ3v) is 4.86. The van der Waals surface area contributed by atoms with Crippen molar-refractivity contribution in [2.24, 2.45) is 0 Å². The predicted octanol–water partition coefficient (Wildman–Crippen LogP) is 4.07. The molecule has 0 aliphatic heterocycles. The molecular weight excluding hydrogens is 409 g/mol. The van der Waals surface area contributed by atoms with Crippen LogP contribution in [0.25, 0.3) is 0 Å². The minimum absolute atomic E-state index is 0.0850. The number of halogens is 2. The number of ether oxygens (including phenoxy) is 1. The molecule has 10 heteroatoms. The van der Waals surface area contributed by atoms with Crippen molar-refractivity contribution in [2.45, 2.75) is 6.54 Å². The zero-order valence-corrected chi connectivity index (χ0v) is 16.5. The summed E-state index contributed by atoms with van der Waals surface area (Å²) in [5.41, 5.74) is 10.1. The molecule has 3 N–H and O–H groups in total. The largest absolute Gasteiger partial charge is 0.497 e. The Morgan fingerprint density at radius 1 is 1.22 bits per heavy atom. The van der Waals surface area contributed by atoms with E-state index in [-0.39, 0.29) is 23.0 Å². The average Bonchev–Trinajstić information content (AvgIpc) is 2.92. The molecule has 0 fully saturated rings. The number of nitrogen functional groups attached to an aromatic ring is 1. The van der Waals surface area contributed by atoms with Crippen molar-refractivity contribution in [1.82, 2.24) is 14.5 Å². The van der Waals surface area contributed by atoms with Crippen molar-refractivity contribution in [3.63, 3.8) is 0 Å². The van der Waals surface area contributed by atoms with Crippen LogP contribution in [0, 0.1) is 4.77 Å². The summed E-state index contributed by atoms with van der Waals surface area (Å²) in [5, 5.41) is 4.81. The Morgan fingerprint density at radius 3 is 2.56 bits per heavy atom. The maximum atomic E-state index is 12.5. The summed E-state index contributed by atoms with van der Waals surface area (Å²) in [6.07, 6.45) is 0.